The Balaban J connectivity index is 1.58. The van der Waals surface area contributed by atoms with Crippen molar-refractivity contribution in [3.8, 4) is 17.2 Å². The summed E-state index contributed by atoms with van der Waals surface area (Å²) in [6.45, 7) is 3.10. The number of ether oxygens (including phenoxy) is 2. The van der Waals surface area contributed by atoms with Crippen LogP contribution in [0, 0.1) is 0 Å². The second kappa shape index (κ2) is 10.1. The van der Waals surface area contributed by atoms with Crippen LogP contribution in [-0.2, 0) is 17.7 Å². The highest BCUT2D eigenvalue weighted by Gasteiger charge is 2.22. The zero-order valence-electron chi connectivity index (χ0n) is 21.3. The van der Waals surface area contributed by atoms with Crippen LogP contribution >= 0.6 is 0 Å². The summed E-state index contributed by atoms with van der Waals surface area (Å²) in [6, 6.07) is 25.0. The Bertz CT molecular complexity index is 1810. The van der Waals surface area contributed by atoms with Gasteiger partial charge in [-0.05, 0) is 55.0 Å². The maximum absolute atomic E-state index is 13.9. The molecule has 6 rings (SSSR count). The SMILES string of the molecule is CCc1nc2c(c(=O)n1CCCOC)c1nc3ccccc3nc1n2-c1ccc(Oc2ccccc2)cc1. The Kier molecular flexibility index (Phi) is 6.31. The molecule has 0 atom stereocenters. The highest BCUT2D eigenvalue weighted by Crippen LogP contribution is 2.30. The summed E-state index contributed by atoms with van der Waals surface area (Å²) in [5.41, 5.74) is 3.89. The Hall–Kier alpha value is -4.56. The van der Waals surface area contributed by atoms with E-state index in [9.17, 15) is 4.79 Å². The van der Waals surface area contributed by atoms with Crippen LogP contribution in [0.5, 0.6) is 11.5 Å². The minimum atomic E-state index is -0.111. The Morgan fingerprint density at radius 1 is 0.789 bits per heavy atom. The smallest absolute Gasteiger partial charge is 0.265 e. The first-order valence-electron chi connectivity index (χ1n) is 12.7. The van der Waals surface area contributed by atoms with Crippen LogP contribution in [0.25, 0.3) is 38.9 Å². The summed E-state index contributed by atoms with van der Waals surface area (Å²) >= 11 is 0. The average Bonchev–Trinajstić information content (AvgIpc) is 3.27. The fourth-order valence-corrected chi connectivity index (χ4v) is 4.77. The van der Waals surface area contributed by atoms with Gasteiger partial charge in [-0.25, -0.2) is 15.0 Å². The van der Waals surface area contributed by atoms with Gasteiger partial charge in [0.15, 0.2) is 11.3 Å². The van der Waals surface area contributed by atoms with E-state index in [1.807, 2.05) is 90.4 Å². The molecule has 0 amide bonds. The lowest BCUT2D eigenvalue weighted by Crippen LogP contribution is -2.26. The molecule has 8 nitrogen and oxygen atoms in total. The number of benzene rings is 3. The Morgan fingerprint density at radius 2 is 1.47 bits per heavy atom. The van der Waals surface area contributed by atoms with Gasteiger partial charge in [0.1, 0.15) is 28.2 Å². The van der Waals surface area contributed by atoms with Crippen LogP contribution in [0.15, 0.2) is 83.7 Å². The number of methoxy groups -OCH3 is 1. The van der Waals surface area contributed by atoms with E-state index in [0.717, 1.165) is 28.3 Å². The van der Waals surface area contributed by atoms with Crippen LogP contribution in [0.3, 0.4) is 0 Å². The fourth-order valence-electron chi connectivity index (χ4n) is 4.77. The second-order valence-corrected chi connectivity index (χ2v) is 9.01. The number of rotatable bonds is 8. The van der Waals surface area contributed by atoms with E-state index in [0.29, 0.717) is 53.9 Å². The van der Waals surface area contributed by atoms with E-state index in [-0.39, 0.29) is 5.56 Å². The second-order valence-electron chi connectivity index (χ2n) is 9.01. The summed E-state index contributed by atoms with van der Waals surface area (Å²) in [7, 11) is 1.66. The van der Waals surface area contributed by atoms with Gasteiger partial charge < -0.3 is 9.47 Å². The van der Waals surface area contributed by atoms with Crippen molar-refractivity contribution in [3.05, 3.63) is 95.0 Å². The van der Waals surface area contributed by atoms with Crippen molar-refractivity contribution in [2.24, 2.45) is 0 Å². The lowest BCUT2D eigenvalue weighted by atomic mass is 10.2. The minimum Gasteiger partial charge on any atom is -0.457 e. The van der Waals surface area contributed by atoms with Crippen molar-refractivity contribution in [2.45, 2.75) is 26.3 Å². The number of aromatic nitrogens is 5. The molecule has 0 spiro atoms. The minimum absolute atomic E-state index is 0.111. The van der Waals surface area contributed by atoms with Gasteiger partial charge in [0.25, 0.3) is 5.56 Å². The van der Waals surface area contributed by atoms with Gasteiger partial charge in [0.05, 0.1) is 11.0 Å². The van der Waals surface area contributed by atoms with E-state index in [2.05, 4.69) is 0 Å². The third kappa shape index (κ3) is 4.18. The highest BCUT2D eigenvalue weighted by molar-refractivity contribution is 6.05. The lowest BCUT2D eigenvalue weighted by Gasteiger charge is -2.12. The molecular formula is C30H27N5O3. The van der Waals surface area contributed by atoms with Gasteiger partial charge in [-0.15, -0.1) is 0 Å². The van der Waals surface area contributed by atoms with Gasteiger partial charge in [-0.2, -0.15) is 0 Å². The molecule has 0 aliphatic rings. The molecule has 0 unspecified atom stereocenters. The molecule has 0 N–H and O–H groups in total. The van der Waals surface area contributed by atoms with Crippen LogP contribution < -0.4 is 10.3 Å². The fraction of sp³-hybridized carbons (Fsp3) is 0.200. The molecule has 0 aliphatic carbocycles. The number of aryl methyl sites for hydroxylation is 1. The van der Waals surface area contributed by atoms with Gasteiger partial charge in [-0.1, -0.05) is 37.3 Å². The van der Waals surface area contributed by atoms with Crippen molar-refractivity contribution in [1.82, 2.24) is 24.1 Å². The highest BCUT2D eigenvalue weighted by atomic mass is 16.5. The zero-order chi connectivity index (χ0) is 26.1. The van der Waals surface area contributed by atoms with Gasteiger partial charge in [0, 0.05) is 32.4 Å². The molecule has 38 heavy (non-hydrogen) atoms. The number of para-hydroxylation sites is 3. The first-order valence-corrected chi connectivity index (χ1v) is 12.7. The van der Waals surface area contributed by atoms with E-state index >= 15 is 0 Å². The summed E-state index contributed by atoms with van der Waals surface area (Å²) < 4.78 is 14.9. The molecule has 3 aromatic carbocycles. The van der Waals surface area contributed by atoms with Crippen LogP contribution in [0.4, 0.5) is 0 Å². The summed E-state index contributed by atoms with van der Waals surface area (Å²) in [5.74, 6) is 2.19. The van der Waals surface area contributed by atoms with Gasteiger partial charge >= 0.3 is 0 Å². The molecule has 0 bridgehead atoms. The quantitative estimate of drug-likeness (QED) is 0.248. The number of hydrogen-bond donors (Lipinski definition) is 0. The molecular weight excluding hydrogens is 478 g/mol. The van der Waals surface area contributed by atoms with Crippen molar-refractivity contribution >= 4 is 33.2 Å². The van der Waals surface area contributed by atoms with E-state index in [1.165, 1.54) is 0 Å². The third-order valence-electron chi connectivity index (χ3n) is 6.56. The zero-order valence-corrected chi connectivity index (χ0v) is 21.3. The van der Waals surface area contributed by atoms with Crippen molar-refractivity contribution < 1.29 is 9.47 Å². The maximum Gasteiger partial charge on any atom is 0.265 e. The molecule has 0 fully saturated rings. The standard InChI is InChI=1S/C30H27N5O3/c1-3-25-33-28-26(30(36)34(25)18-9-19-37-2)27-29(32-24-13-8-7-12-23(24)31-27)35(28)20-14-16-22(17-15-20)38-21-10-5-4-6-11-21/h4-8,10-17H,3,9,18-19H2,1-2H3. The lowest BCUT2D eigenvalue weighted by molar-refractivity contribution is 0.189. The molecule has 190 valence electrons. The average molecular weight is 506 g/mol. The number of fused-ring (bicyclic) bond motifs is 4. The van der Waals surface area contributed by atoms with Crippen LogP contribution in [-0.4, -0.2) is 37.8 Å². The van der Waals surface area contributed by atoms with E-state index in [4.69, 9.17) is 24.4 Å². The van der Waals surface area contributed by atoms with Gasteiger partial charge in [0.2, 0.25) is 0 Å². The topological polar surface area (TPSA) is 84.1 Å². The maximum atomic E-state index is 13.9. The largest absolute Gasteiger partial charge is 0.457 e. The predicted molar refractivity (Wildman–Crippen MR) is 148 cm³/mol. The number of nitrogens with zero attached hydrogens (tertiary/aromatic N) is 5. The van der Waals surface area contributed by atoms with Crippen molar-refractivity contribution in [3.63, 3.8) is 0 Å². The molecule has 0 aliphatic heterocycles. The Labute approximate surface area is 219 Å². The first-order chi connectivity index (χ1) is 18.7. The molecule has 0 radical (unpaired) electrons. The normalized spacial score (nSPS) is 11.5. The first kappa shape index (κ1) is 23.8. The predicted octanol–water partition coefficient (Wildman–Crippen LogP) is 5.67. The molecule has 3 aromatic heterocycles. The van der Waals surface area contributed by atoms with Crippen molar-refractivity contribution in [1.29, 1.82) is 0 Å². The molecule has 6 aromatic rings. The monoisotopic (exact) mass is 505 g/mol. The van der Waals surface area contributed by atoms with Crippen LogP contribution in [0.1, 0.15) is 19.2 Å². The van der Waals surface area contributed by atoms with Crippen LogP contribution in [0.2, 0.25) is 0 Å². The van der Waals surface area contributed by atoms with Crippen molar-refractivity contribution in [2.75, 3.05) is 13.7 Å². The third-order valence-corrected chi connectivity index (χ3v) is 6.56. The molecule has 8 heteroatoms. The summed E-state index contributed by atoms with van der Waals surface area (Å²) in [5, 5.41) is 0.470. The molecule has 0 saturated carbocycles. The molecule has 3 heterocycles. The van der Waals surface area contributed by atoms with E-state index in [1.54, 1.807) is 11.7 Å². The van der Waals surface area contributed by atoms with E-state index < -0.39 is 0 Å². The number of hydrogen-bond acceptors (Lipinski definition) is 6. The van der Waals surface area contributed by atoms with Gasteiger partial charge in [-0.3, -0.25) is 13.9 Å². The molecule has 0 saturated heterocycles. The Morgan fingerprint density at radius 3 is 2.18 bits per heavy atom. The summed E-state index contributed by atoms with van der Waals surface area (Å²) in [4.78, 5) is 28.8. The summed E-state index contributed by atoms with van der Waals surface area (Å²) in [6.07, 6.45) is 1.33.